The molecule has 2 fully saturated rings. The first-order valence-electron chi connectivity index (χ1n) is 7.23. The van der Waals surface area contributed by atoms with Gasteiger partial charge in [0.05, 0.1) is 0 Å². The summed E-state index contributed by atoms with van der Waals surface area (Å²) in [6.07, 6.45) is 8.39. The molecule has 1 N–H and O–H groups in total. The van der Waals surface area contributed by atoms with Crippen molar-refractivity contribution in [1.29, 1.82) is 0 Å². The van der Waals surface area contributed by atoms with Crippen LogP contribution in [0.25, 0.3) is 0 Å². The van der Waals surface area contributed by atoms with Crippen LogP contribution in [-0.2, 0) is 0 Å². The molecule has 1 atom stereocenters. The van der Waals surface area contributed by atoms with Crippen LogP contribution in [0.5, 0.6) is 0 Å². The van der Waals surface area contributed by atoms with E-state index in [2.05, 4.69) is 24.1 Å². The van der Waals surface area contributed by atoms with Crippen molar-refractivity contribution in [2.75, 3.05) is 13.1 Å². The van der Waals surface area contributed by atoms with Crippen molar-refractivity contribution in [3.05, 3.63) is 0 Å². The van der Waals surface area contributed by atoms with Crippen LogP contribution >= 0.6 is 12.2 Å². The molecule has 1 saturated heterocycles. The Morgan fingerprint density at radius 2 is 1.94 bits per heavy atom. The quantitative estimate of drug-likeness (QED) is 0.779. The lowest BCUT2D eigenvalue weighted by atomic mass is 9.96. The molecule has 0 aromatic heterocycles. The molecule has 2 nitrogen and oxygen atoms in total. The van der Waals surface area contributed by atoms with Crippen molar-refractivity contribution in [3.63, 3.8) is 0 Å². The van der Waals surface area contributed by atoms with Gasteiger partial charge in [0.2, 0.25) is 0 Å². The Bertz CT molecular complexity index is 259. The smallest absolute Gasteiger partial charge is 0.169 e. The number of hydrogen-bond acceptors (Lipinski definition) is 1. The molecule has 2 rings (SSSR count). The Morgan fingerprint density at radius 1 is 1.24 bits per heavy atom. The molecule has 0 aromatic rings. The highest BCUT2D eigenvalue weighted by Gasteiger charge is 2.34. The highest BCUT2D eigenvalue weighted by Crippen LogP contribution is 2.35. The number of rotatable bonds is 3. The second-order valence-electron chi connectivity index (χ2n) is 6.03. The lowest BCUT2D eigenvalue weighted by Crippen LogP contribution is -2.45. The molecule has 0 amide bonds. The Balaban J connectivity index is 1.87. The van der Waals surface area contributed by atoms with Gasteiger partial charge in [-0.3, -0.25) is 0 Å². The van der Waals surface area contributed by atoms with Crippen molar-refractivity contribution in [2.24, 2.45) is 11.8 Å². The van der Waals surface area contributed by atoms with Crippen molar-refractivity contribution in [2.45, 2.75) is 58.4 Å². The van der Waals surface area contributed by atoms with Gasteiger partial charge in [0.25, 0.3) is 0 Å². The second kappa shape index (κ2) is 6.03. The number of nitrogens with zero attached hydrogens (tertiary/aromatic N) is 1. The number of thiocarbonyl (C=S) groups is 1. The highest BCUT2D eigenvalue weighted by atomic mass is 32.1. The van der Waals surface area contributed by atoms with Gasteiger partial charge < -0.3 is 10.2 Å². The fourth-order valence-corrected chi connectivity index (χ4v) is 3.58. The molecule has 0 aromatic carbocycles. The number of hydrogen-bond donors (Lipinski definition) is 1. The van der Waals surface area contributed by atoms with Crippen LogP contribution in [-0.4, -0.2) is 29.1 Å². The van der Waals surface area contributed by atoms with E-state index in [1.54, 1.807) is 0 Å². The Morgan fingerprint density at radius 3 is 2.59 bits per heavy atom. The number of likely N-dealkylation sites (tertiary alicyclic amines) is 1. The normalized spacial score (nSPS) is 25.8. The monoisotopic (exact) mass is 254 g/mol. The summed E-state index contributed by atoms with van der Waals surface area (Å²) in [4.78, 5) is 2.48. The molecule has 17 heavy (non-hydrogen) atoms. The van der Waals surface area contributed by atoms with E-state index in [0.717, 1.165) is 23.6 Å². The van der Waals surface area contributed by atoms with Crippen LogP contribution in [0.1, 0.15) is 52.4 Å². The number of nitrogens with one attached hydrogen (secondary N) is 1. The molecule has 0 radical (unpaired) electrons. The Kier molecular flexibility index (Phi) is 4.66. The van der Waals surface area contributed by atoms with E-state index < -0.39 is 0 Å². The maximum Gasteiger partial charge on any atom is 0.169 e. The maximum absolute atomic E-state index is 5.56. The van der Waals surface area contributed by atoms with Crippen LogP contribution < -0.4 is 5.32 Å². The zero-order valence-electron chi connectivity index (χ0n) is 11.2. The van der Waals surface area contributed by atoms with E-state index in [4.69, 9.17) is 12.2 Å². The summed E-state index contributed by atoms with van der Waals surface area (Å²) in [6.45, 7) is 6.64. The van der Waals surface area contributed by atoms with E-state index in [-0.39, 0.29) is 0 Å². The summed E-state index contributed by atoms with van der Waals surface area (Å²) in [5.74, 6) is 1.58. The molecule has 0 spiro atoms. The lowest BCUT2D eigenvalue weighted by molar-refractivity contribution is 0.277. The van der Waals surface area contributed by atoms with E-state index in [9.17, 15) is 0 Å². The van der Waals surface area contributed by atoms with Crippen molar-refractivity contribution >= 4 is 17.3 Å². The minimum absolute atomic E-state index is 0.667. The predicted octanol–water partition coefficient (Wildman–Crippen LogP) is 3.17. The van der Waals surface area contributed by atoms with E-state index >= 15 is 0 Å². The Hall–Kier alpha value is -0.310. The average molecular weight is 254 g/mol. The van der Waals surface area contributed by atoms with Crippen LogP contribution in [0.15, 0.2) is 0 Å². The van der Waals surface area contributed by atoms with Crippen LogP contribution in [0.3, 0.4) is 0 Å². The van der Waals surface area contributed by atoms with Gasteiger partial charge in [0, 0.05) is 19.1 Å². The first-order chi connectivity index (χ1) is 8.18. The van der Waals surface area contributed by atoms with Crippen molar-refractivity contribution < 1.29 is 0 Å². The lowest BCUT2D eigenvalue weighted by Gasteiger charge is -2.32. The van der Waals surface area contributed by atoms with Gasteiger partial charge in [0.1, 0.15) is 0 Å². The van der Waals surface area contributed by atoms with Gasteiger partial charge in [-0.25, -0.2) is 0 Å². The third kappa shape index (κ3) is 3.34. The van der Waals surface area contributed by atoms with Crippen LogP contribution in [0.4, 0.5) is 0 Å². The van der Waals surface area contributed by atoms with Gasteiger partial charge in [-0.05, 0) is 49.7 Å². The third-order valence-electron chi connectivity index (χ3n) is 4.17. The first kappa shape index (κ1) is 13.1. The molecule has 1 aliphatic heterocycles. The fraction of sp³-hybridized carbons (Fsp3) is 0.929. The van der Waals surface area contributed by atoms with Gasteiger partial charge >= 0.3 is 0 Å². The third-order valence-corrected chi connectivity index (χ3v) is 4.54. The van der Waals surface area contributed by atoms with E-state index in [0.29, 0.717) is 5.92 Å². The molecular formula is C14H26N2S. The fourth-order valence-electron chi connectivity index (χ4n) is 3.27. The summed E-state index contributed by atoms with van der Waals surface area (Å²) >= 11 is 5.56. The molecular weight excluding hydrogens is 228 g/mol. The summed E-state index contributed by atoms with van der Waals surface area (Å²) in [6, 6.07) is 0.740. The van der Waals surface area contributed by atoms with Gasteiger partial charge in [-0.2, -0.15) is 0 Å². The molecule has 2 aliphatic rings. The highest BCUT2D eigenvalue weighted by molar-refractivity contribution is 7.80. The van der Waals surface area contributed by atoms with Gasteiger partial charge in [-0.15, -0.1) is 0 Å². The van der Waals surface area contributed by atoms with Gasteiger partial charge in [0.15, 0.2) is 5.11 Å². The second-order valence-corrected chi connectivity index (χ2v) is 6.41. The van der Waals surface area contributed by atoms with Crippen molar-refractivity contribution in [3.8, 4) is 0 Å². The topological polar surface area (TPSA) is 15.3 Å². The largest absolute Gasteiger partial charge is 0.362 e. The summed E-state index contributed by atoms with van der Waals surface area (Å²) < 4.78 is 0. The molecule has 1 unspecified atom stereocenters. The molecule has 3 heteroatoms. The molecule has 0 bridgehead atoms. The van der Waals surface area contributed by atoms with Crippen molar-refractivity contribution in [1.82, 2.24) is 10.2 Å². The zero-order chi connectivity index (χ0) is 12.3. The SMILES string of the molecule is CC(C)CNC(=S)N1CCCC1C1CCCC1. The minimum Gasteiger partial charge on any atom is -0.362 e. The summed E-state index contributed by atoms with van der Waals surface area (Å²) in [7, 11) is 0. The zero-order valence-corrected chi connectivity index (χ0v) is 12.1. The molecule has 98 valence electrons. The average Bonchev–Trinajstić information content (AvgIpc) is 2.94. The van der Waals surface area contributed by atoms with E-state index in [1.165, 1.54) is 45.1 Å². The van der Waals surface area contributed by atoms with E-state index in [1.807, 2.05) is 0 Å². The minimum atomic E-state index is 0.667. The maximum atomic E-state index is 5.56. The summed E-state index contributed by atoms with van der Waals surface area (Å²) in [5, 5.41) is 4.44. The van der Waals surface area contributed by atoms with Gasteiger partial charge in [-0.1, -0.05) is 26.7 Å². The molecule has 1 aliphatic carbocycles. The first-order valence-corrected chi connectivity index (χ1v) is 7.63. The van der Waals surface area contributed by atoms with Crippen LogP contribution in [0, 0.1) is 11.8 Å². The molecule has 1 heterocycles. The van der Waals surface area contributed by atoms with Crippen LogP contribution in [0.2, 0.25) is 0 Å². The standard InChI is InChI=1S/C14H26N2S/c1-11(2)10-15-14(17)16-9-5-8-13(16)12-6-3-4-7-12/h11-13H,3-10H2,1-2H3,(H,15,17). The summed E-state index contributed by atoms with van der Waals surface area (Å²) in [5.41, 5.74) is 0. The predicted molar refractivity (Wildman–Crippen MR) is 77.1 cm³/mol. The molecule has 1 saturated carbocycles. The Labute approximate surface area is 111 Å².